The lowest BCUT2D eigenvalue weighted by molar-refractivity contribution is 0.0300. The Morgan fingerprint density at radius 3 is 2.70 bits per heavy atom. The van der Waals surface area contributed by atoms with Crippen molar-refractivity contribution in [1.29, 1.82) is 0 Å². The maximum absolute atomic E-state index is 6.48. The molecule has 0 aromatic carbocycles. The molecule has 2 aromatic rings. The second kappa shape index (κ2) is 9.50. The summed E-state index contributed by atoms with van der Waals surface area (Å²) in [6.07, 6.45) is 8.09. The molecule has 0 unspecified atom stereocenters. The predicted molar refractivity (Wildman–Crippen MR) is 123 cm³/mol. The molecule has 0 spiro atoms. The average molecular weight is 430 g/mol. The van der Waals surface area contributed by atoms with Gasteiger partial charge in [0, 0.05) is 43.6 Å². The number of nitrogens with two attached hydrogens (primary N) is 1. The van der Waals surface area contributed by atoms with E-state index >= 15 is 0 Å². The highest BCUT2D eigenvalue weighted by Gasteiger charge is 2.27. The summed E-state index contributed by atoms with van der Waals surface area (Å²) in [6.45, 7) is 4.86. The van der Waals surface area contributed by atoms with E-state index in [-0.39, 0.29) is 5.41 Å². The standard InChI is InChI=1S/C23H32ClN5O/c1-23(9-11-30-12-10-23)15-27-21-4-2-3-20(29-21)18-13-22(26-14-19(18)24)28-17-7-5-16(25)6-8-17/h2-4,13-14,16-17H,5-12,15,25H2,1H3,(H,26,28)(H,27,29). The lowest BCUT2D eigenvalue weighted by Gasteiger charge is -2.33. The Labute approximate surface area is 184 Å². The Hall–Kier alpha value is -1.89. The van der Waals surface area contributed by atoms with Crippen molar-refractivity contribution in [3.05, 3.63) is 35.5 Å². The average Bonchev–Trinajstić information content (AvgIpc) is 2.76. The minimum atomic E-state index is 0.240. The van der Waals surface area contributed by atoms with Gasteiger partial charge in [-0.1, -0.05) is 24.6 Å². The highest BCUT2D eigenvalue weighted by molar-refractivity contribution is 6.33. The summed E-state index contributed by atoms with van der Waals surface area (Å²) < 4.78 is 5.50. The van der Waals surface area contributed by atoms with Crippen molar-refractivity contribution in [2.45, 2.75) is 57.5 Å². The van der Waals surface area contributed by atoms with Crippen molar-refractivity contribution < 1.29 is 4.74 Å². The predicted octanol–water partition coefficient (Wildman–Crippen LogP) is 4.71. The number of hydrogen-bond acceptors (Lipinski definition) is 6. The molecule has 0 amide bonds. The zero-order chi connectivity index (χ0) is 21.0. The Morgan fingerprint density at radius 2 is 1.93 bits per heavy atom. The fourth-order valence-corrected chi connectivity index (χ4v) is 4.41. The van der Waals surface area contributed by atoms with Gasteiger partial charge in [-0.05, 0) is 62.1 Å². The number of aromatic nitrogens is 2. The summed E-state index contributed by atoms with van der Waals surface area (Å²) in [5.41, 5.74) is 8.00. The third-order valence-electron chi connectivity index (χ3n) is 6.40. The molecule has 4 rings (SSSR count). The van der Waals surface area contributed by atoms with Gasteiger partial charge in [0.1, 0.15) is 11.6 Å². The first kappa shape index (κ1) is 21.3. The molecule has 0 atom stereocenters. The van der Waals surface area contributed by atoms with Gasteiger partial charge in [0.2, 0.25) is 0 Å². The van der Waals surface area contributed by atoms with Gasteiger partial charge in [-0.3, -0.25) is 0 Å². The first-order chi connectivity index (χ1) is 14.5. The van der Waals surface area contributed by atoms with Crippen molar-refractivity contribution in [2.24, 2.45) is 11.1 Å². The van der Waals surface area contributed by atoms with E-state index in [4.69, 9.17) is 27.1 Å². The fourth-order valence-electron chi connectivity index (χ4n) is 4.21. The lowest BCUT2D eigenvalue weighted by atomic mass is 9.82. The maximum atomic E-state index is 6.48. The van der Waals surface area contributed by atoms with Crippen LogP contribution in [0.2, 0.25) is 5.02 Å². The van der Waals surface area contributed by atoms with Crippen LogP contribution >= 0.6 is 11.6 Å². The fraction of sp³-hybridized carbons (Fsp3) is 0.565. The smallest absolute Gasteiger partial charge is 0.126 e. The van der Waals surface area contributed by atoms with Crippen LogP contribution in [0.1, 0.15) is 45.4 Å². The molecule has 3 heterocycles. The Kier molecular flexibility index (Phi) is 6.76. The molecule has 2 aliphatic rings. The van der Waals surface area contributed by atoms with Crippen LogP contribution in [0.25, 0.3) is 11.3 Å². The SMILES string of the molecule is CC1(CNc2cccc(-c3cc(NC4CCC(N)CC4)ncc3Cl)n2)CCOCC1. The van der Waals surface area contributed by atoms with Crippen LogP contribution in [0.5, 0.6) is 0 Å². The summed E-state index contributed by atoms with van der Waals surface area (Å²) in [5, 5.41) is 7.67. The van der Waals surface area contributed by atoms with E-state index in [0.29, 0.717) is 17.1 Å². The summed E-state index contributed by atoms with van der Waals surface area (Å²) in [4.78, 5) is 9.30. The van der Waals surface area contributed by atoms with E-state index in [1.807, 2.05) is 24.3 Å². The third kappa shape index (κ3) is 5.42. The zero-order valence-electron chi connectivity index (χ0n) is 17.7. The number of hydrogen-bond donors (Lipinski definition) is 3. The molecule has 162 valence electrons. The lowest BCUT2D eigenvalue weighted by Crippen LogP contribution is -2.33. The van der Waals surface area contributed by atoms with Crippen LogP contribution in [0, 0.1) is 5.41 Å². The van der Waals surface area contributed by atoms with Crippen LogP contribution in [0.3, 0.4) is 0 Å². The number of halogens is 1. The maximum Gasteiger partial charge on any atom is 0.126 e. The largest absolute Gasteiger partial charge is 0.381 e. The van der Waals surface area contributed by atoms with E-state index in [9.17, 15) is 0 Å². The van der Waals surface area contributed by atoms with E-state index in [1.165, 1.54) is 0 Å². The van der Waals surface area contributed by atoms with Gasteiger partial charge in [0.25, 0.3) is 0 Å². The van der Waals surface area contributed by atoms with Crippen LogP contribution in [-0.2, 0) is 4.74 Å². The number of nitrogens with zero attached hydrogens (tertiary/aromatic N) is 2. The van der Waals surface area contributed by atoms with Gasteiger partial charge < -0.3 is 21.1 Å². The zero-order valence-corrected chi connectivity index (χ0v) is 18.4. The number of anilines is 2. The van der Waals surface area contributed by atoms with Crippen molar-refractivity contribution >= 4 is 23.2 Å². The normalized spacial score (nSPS) is 23.7. The van der Waals surface area contributed by atoms with Gasteiger partial charge in [-0.25, -0.2) is 9.97 Å². The van der Waals surface area contributed by atoms with Crippen molar-refractivity contribution in [2.75, 3.05) is 30.4 Å². The first-order valence-corrected chi connectivity index (χ1v) is 11.4. The molecule has 2 fully saturated rings. The molecule has 7 heteroatoms. The topological polar surface area (TPSA) is 85.1 Å². The van der Waals surface area contributed by atoms with E-state index in [0.717, 1.165) is 81.2 Å². The van der Waals surface area contributed by atoms with Crippen LogP contribution in [0.4, 0.5) is 11.6 Å². The van der Waals surface area contributed by atoms with Crippen molar-refractivity contribution in [1.82, 2.24) is 9.97 Å². The summed E-state index contributed by atoms with van der Waals surface area (Å²) in [7, 11) is 0. The van der Waals surface area contributed by atoms with Gasteiger partial charge in [-0.15, -0.1) is 0 Å². The van der Waals surface area contributed by atoms with Gasteiger partial charge in [-0.2, -0.15) is 0 Å². The molecule has 1 aliphatic heterocycles. The molecular formula is C23H32ClN5O. The van der Waals surface area contributed by atoms with Crippen LogP contribution in [-0.4, -0.2) is 41.8 Å². The molecule has 1 saturated heterocycles. The van der Waals surface area contributed by atoms with Crippen LogP contribution < -0.4 is 16.4 Å². The number of ether oxygens (including phenoxy) is 1. The highest BCUT2D eigenvalue weighted by atomic mass is 35.5. The molecule has 1 aliphatic carbocycles. The molecule has 0 bridgehead atoms. The van der Waals surface area contributed by atoms with E-state index in [1.54, 1.807) is 6.20 Å². The Balaban J connectivity index is 1.46. The Morgan fingerprint density at radius 1 is 1.17 bits per heavy atom. The minimum absolute atomic E-state index is 0.240. The third-order valence-corrected chi connectivity index (χ3v) is 6.70. The van der Waals surface area contributed by atoms with Crippen molar-refractivity contribution in [3.8, 4) is 11.3 Å². The first-order valence-electron chi connectivity index (χ1n) is 11.0. The van der Waals surface area contributed by atoms with Gasteiger partial charge in [0.05, 0.1) is 10.7 Å². The van der Waals surface area contributed by atoms with Crippen molar-refractivity contribution in [3.63, 3.8) is 0 Å². The molecular weight excluding hydrogens is 398 g/mol. The van der Waals surface area contributed by atoms with E-state index in [2.05, 4.69) is 22.5 Å². The number of rotatable bonds is 6. The second-order valence-electron chi connectivity index (χ2n) is 8.99. The molecule has 0 radical (unpaired) electrons. The number of nitrogens with one attached hydrogen (secondary N) is 2. The summed E-state index contributed by atoms with van der Waals surface area (Å²) >= 11 is 6.48. The van der Waals surface area contributed by atoms with Crippen LogP contribution in [0.15, 0.2) is 30.5 Å². The molecule has 4 N–H and O–H groups in total. The molecule has 6 nitrogen and oxygen atoms in total. The minimum Gasteiger partial charge on any atom is -0.381 e. The summed E-state index contributed by atoms with van der Waals surface area (Å²) in [5.74, 6) is 1.70. The second-order valence-corrected chi connectivity index (χ2v) is 9.40. The quantitative estimate of drug-likeness (QED) is 0.616. The van der Waals surface area contributed by atoms with Gasteiger partial charge >= 0.3 is 0 Å². The molecule has 1 saturated carbocycles. The van der Waals surface area contributed by atoms with Gasteiger partial charge in [0.15, 0.2) is 0 Å². The Bertz CT molecular complexity index is 847. The molecule has 30 heavy (non-hydrogen) atoms. The highest BCUT2D eigenvalue weighted by Crippen LogP contribution is 2.32. The van der Waals surface area contributed by atoms with E-state index < -0.39 is 0 Å². The molecule has 2 aromatic heterocycles. The monoisotopic (exact) mass is 429 g/mol. The number of pyridine rings is 2. The summed E-state index contributed by atoms with van der Waals surface area (Å²) in [6, 6.07) is 8.76.